The fraction of sp³-hybridized carbons (Fsp3) is 0.667. The number of nitrogens with zero attached hydrogens (tertiary/aromatic N) is 4. The van der Waals surface area contributed by atoms with E-state index in [0.29, 0.717) is 37.4 Å². The van der Waals surface area contributed by atoms with Crippen LogP contribution in [-0.2, 0) is 9.59 Å². The first-order valence-corrected chi connectivity index (χ1v) is 14.5. The van der Waals surface area contributed by atoms with E-state index in [1.165, 1.54) is 6.42 Å². The molecule has 8 heteroatoms. The predicted molar refractivity (Wildman–Crippen MR) is 147 cm³/mol. The second-order valence-electron chi connectivity index (χ2n) is 12.4. The number of aryl methyl sites for hydroxylation is 2. The Morgan fingerprint density at radius 3 is 2.50 bits per heavy atom. The number of nitrogens with one attached hydrogen (secondary N) is 1. The van der Waals surface area contributed by atoms with Gasteiger partial charge in [-0.3, -0.25) is 9.59 Å². The van der Waals surface area contributed by atoms with Gasteiger partial charge in [-0.05, 0) is 75.8 Å². The smallest absolute Gasteiger partial charge is 0.225 e. The first kappa shape index (κ1) is 26.9. The summed E-state index contributed by atoms with van der Waals surface area (Å²) in [6.45, 7) is 9.50. The van der Waals surface area contributed by atoms with Crippen LogP contribution in [0, 0.1) is 25.7 Å². The maximum atomic E-state index is 13.3. The van der Waals surface area contributed by atoms with Gasteiger partial charge in [0, 0.05) is 49.5 Å². The maximum absolute atomic E-state index is 13.3. The van der Waals surface area contributed by atoms with Crippen molar-refractivity contribution in [1.29, 1.82) is 0 Å². The maximum Gasteiger partial charge on any atom is 0.225 e. The first-order chi connectivity index (χ1) is 18.2. The molecule has 2 N–H and O–H groups in total. The number of amides is 2. The number of hydrogen-bond acceptors (Lipinski definition) is 5. The number of β-amino-alcohol motifs (C(OH)–C–C–N with tert-alkyl or cyclic N) is 1. The van der Waals surface area contributed by atoms with Gasteiger partial charge in [-0.15, -0.1) is 10.2 Å². The molecule has 3 fully saturated rings. The molecule has 1 unspecified atom stereocenters. The largest absolute Gasteiger partial charge is 0.391 e. The molecule has 38 heavy (non-hydrogen) atoms. The summed E-state index contributed by atoms with van der Waals surface area (Å²) >= 11 is 0. The average molecular weight is 522 g/mol. The third kappa shape index (κ3) is 6.11. The lowest BCUT2D eigenvalue weighted by Crippen LogP contribution is -2.32. The van der Waals surface area contributed by atoms with Crippen molar-refractivity contribution in [2.75, 3.05) is 18.4 Å². The summed E-state index contributed by atoms with van der Waals surface area (Å²) in [6, 6.07) is 6.34. The van der Waals surface area contributed by atoms with Gasteiger partial charge in [0.05, 0.1) is 6.10 Å². The Bertz CT molecular complexity index is 1160. The number of rotatable bonds is 10. The Kier molecular flexibility index (Phi) is 7.89. The summed E-state index contributed by atoms with van der Waals surface area (Å²) in [6.07, 6.45) is 6.21. The highest BCUT2D eigenvalue weighted by molar-refractivity contribution is 5.92. The van der Waals surface area contributed by atoms with Crippen LogP contribution in [0.1, 0.15) is 106 Å². The standard InChI is InChI=1S/C30H43N5O3/c1-18(2)11-21-13-22(14-21)29-32-33-30(35(29)24-6-7-24)23(16-28(38)34-10-9-25(36)17-34)15-27(37)31-26-8-5-19(3)12-20(26)4/h5,8,12,18,21-25,36H,6-7,9-11,13-17H2,1-4H3,(H,31,37)/t21?,22?,23?,25-/m0/s1. The van der Waals surface area contributed by atoms with E-state index in [0.717, 1.165) is 60.1 Å². The lowest BCUT2D eigenvalue weighted by molar-refractivity contribution is -0.131. The molecule has 1 aliphatic heterocycles. The van der Waals surface area contributed by atoms with Gasteiger partial charge in [-0.1, -0.05) is 31.5 Å². The van der Waals surface area contributed by atoms with Crippen LogP contribution in [0.4, 0.5) is 5.69 Å². The molecule has 1 aromatic carbocycles. The van der Waals surface area contributed by atoms with E-state index >= 15 is 0 Å². The minimum absolute atomic E-state index is 0.0293. The third-order valence-electron chi connectivity index (χ3n) is 8.46. The summed E-state index contributed by atoms with van der Waals surface area (Å²) in [5, 5.41) is 22.4. The number of carbonyl (C=O) groups is 2. The molecule has 3 aliphatic rings. The van der Waals surface area contributed by atoms with Gasteiger partial charge < -0.3 is 19.9 Å². The van der Waals surface area contributed by atoms with Crippen molar-refractivity contribution in [2.45, 2.75) is 103 Å². The van der Waals surface area contributed by atoms with E-state index in [4.69, 9.17) is 0 Å². The fourth-order valence-corrected chi connectivity index (χ4v) is 6.33. The van der Waals surface area contributed by atoms with E-state index in [1.54, 1.807) is 4.90 Å². The van der Waals surface area contributed by atoms with Gasteiger partial charge in [0.15, 0.2) is 0 Å². The zero-order valence-corrected chi connectivity index (χ0v) is 23.3. The Balaban J connectivity index is 1.37. The van der Waals surface area contributed by atoms with E-state index < -0.39 is 6.10 Å². The Labute approximate surface area is 226 Å². The molecule has 8 nitrogen and oxygen atoms in total. The molecule has 206 valence electrons. The fourth-order valence-electron chi connectivity index (χ4n) is 6.33. The molecular weight excluding hydrogens is 478 g/mol. The Morgan fingerprint density at radius 1 is 1.11 bits per heavy atom. The van der Waals surface area contributed by atoms with Crippen LogP contribution in [-0.4, -0.2) is 55.8 Å². The zero-order valence-electron chi connectivity index (χ0n) is 23.3. The highest BCUT2D eigenvalue weighted by atomic mass is 16.3. The summed E-state index contributed by atoms with van der Waals surface area (Å²) in [4.78, 5) is 28.3. The molecular formula is C30H43N5O3. The number of anilines is 1. The number of likely N-dealkylation sites (tertiary alicyclic amines) is 1. The topological polar surface area (TPSA) is 100 Å². The van der Waals surface area contributed by atoms with Gasteiger partial charge in [-0.2, -0.15) is 0 Å². The second kappa shape index (κ2) is 11.2. The molecule has 0 spiro atoms. The summed E-state index contributed by atoms with van der Waals surface area (Å²) < 4.78 is 2.29. The van der Waals surface area contributed by atoms with Gasteiger partial charge in [0.1, 0.15) is 11.6 Å². The van der Waals surface area contributed by atoms with Crippen LogP contribution in [0.2, 0.25) is 0 Å². The quantitative estimate of drug-likeness (QED) is 0.465. The molecule has 5 rings (SSSR count). The third-order valence-corrected chi connectivity index (χ3v) is 8.46. The highest BCUT2D eigenvalue weighted by Gasteiger charge is 2.40. The lowest BCUT2D eigenvalue weighted by Gasteiger charge is -2.36. The number of aliphatic hydroxyl groups excluding tert-OH is 1. The Morgan fingerprint density at radius 2 is 1.87 bits per heavy atom. The number of aliphatic hydroxyl groups is 1. The number of benzene rings is 1. The zero-order chi connectivity index (χ0) is 27.0. The molecule has 1 saturated heterocycles. The molecule has 1 aromatic heterocycles. The van der Waals surface area contributed by atoms with Gasteiger partial charge in [-0.25, -0.2) is 0 Å². The van der Waals surface area contributed by atoms with Crippen LogP contribution >= 0.6 is 0 Å². The van der Waals surface area contributed by atoms with Gasteiger partial charge in [0.25, 0.3) is 0 Å². The molecule has 0 bridgehead atoms. The van der Waals surface area contributed by atoms with Gasteiger partial charge >= 0.3 is 0 Å². The highest BCUT2D eigenvalue weighted by Crippen LogP contribution is 2.48. The monoisotopic (exact) mass is 521 g/mol. The summed E-state index contributed by atoms with van der Waals surface area (Å²) in [5.41, 5.74) is 2.96. The molecule has 0 radical (unpaired) electrons. The number of carbonyl (C=O) groups excluding carboxylic acids is 2. The van der Waals surface area contributed by atoms with Gasteiger partial charge in [0.2, 0.25) is 11.8 Å². The first-order valence-electron chi connectivity index (χ1n) is 14.5. The Hall–Kier alpha value is -2.74. The van der Waals surface area contributed by atoms with Crippen molar-refractivity contribution in [3.63, 3.8) is 0 Å². The number of hydrogen-bond donors (Lipinski definition) is 2. The lowest BCUT2D eigenvalue weighted by atomic mass is 9.71. The summed E-state index contributed by atoms with van der Waals surface area (Å²) in [5.74, 6) is 3.17. The van der Waals surface area contributed by atoms with E-state index in [2.05, 4.69) is 40.0 Å². The minimum atomic E-state index is -0.468. The van der Waals surface area contributed by atoms with Crippen molar-refractivity contribution in [3.8, 4) is 0 Å². The van der Waals surface area contributed by atoms with E-state index in [1.807, 2.05) is 26.0 Å². The molecule has 2 aromatic rings. The predicted octanol–water partition coefficient (Wildman–Crippen LogP) is 4.87. The van der Waals surface area contributed by atoms with E-state index in [9.17, 15) is 14.7 Å². The minimum Gasteiger partial charge on any atom is -0.391 e. The van der Waals surface area contributed by atoms with Crippen LogP contribution in [0.25, 0.3) is 0 Å². The SMILES string of the molecule is Cc1ccc(NC(=O)CC(CC(=O)N2CC[C@H](O)C2)c2nnc(C3CC(CC(C)C)C3)n2C2CC2)c(C)c1. The van der Waals surface area contributed by atoms with Crippen molar-refractivity contribution < 1.29 is 14.7 Å². The molecule has 2 atom stereocenters. The van der Waals surface area contributed by atoms with Crippen LogP contribution in [0.3, 0.4) is 0 Å². The molecule has 2 aliphatic carbocycles. The second-order valence-corrected chi connectivity index (χ2v) is 12.4. The van der Waals surface area contributed by atoms with Crippen molar-refractivity contribution >= 4 is 17.5 Å². The van der Waals surface area contributed by atoms with E-state index in [-0.39, 0.29) is 30.6 Å². The van der Waals surface area contributed by atoms with Crippen molar-refractivity contribution in [3.05, 3.63) is 41.0 Å². The van der Waals surface area contributed by atoms with Crippen LogP contribution in [0.5, 0.6) is 0 Å². The van der Waals surface area contributed by atoms with Crippen LogP contribution in [0.15, 0.2) is 18.2 Å². The van der Waals surface area contributed by atoms with Crippen molar-refractivity contribution in [1.82, 2.24) is 19.7 Å². The molecule has 2 heterocycles. The molecule has 2 saturated carbocycles. The number of aromatic nitrogens is 3. The average Bonchev–Trinajstić information content (AvgIpc) is 3.42. The van der Waals surface area contributed by atoms with Crippen LogP contribution < -0.4 is 5.32 Å². The van der Waals surface area contributed by atoms with Crippen molar-refractivity contribution in [2.24, 2.45) is 11.8 Å². The molecule has 2 amide bonds. The normalized spacial score (nSPS) is 23.9. The summed E-state index contributed by atoms with van der Waals surface area (Å²) in [7, 11) is 0.